The molecular formula is C9H16ClN3S. The van der Waals surface area contributed by atoms with E-state index in [0.717, 1.165) is 18.8 Å². The predicted molar refractivity (Wildman–Crippen MR) is 60.7 cm³/mol. The first-order valence-corrected chi connectivity index (χ1v) is 5.69. The van der Waals surface area contributed by atoms with Crippen LogP contribution in [-0.2, 0) is 6.54 Å². The van der Waals surface area contributed by atoms with Crippen LogP contribution in [0.2, 0.25) is 4.34 Å². The SMILES string of the molecule is CN(Cc1nnsc1Cl)CC(C)(C)C. The molecule has 0 bridgehead atoms. The zero-order valence-electron chi connectivity index (χ0n) is 9.04. The Hall–Kier alpha value is -0.190. The highest BCUT2D eigenvalue weighted by Crippen LogP contribution is 2.20. The fourth-order valence-corrected chi connectivity index (χ4v) is 2.02. The molecule has 0 saturated carbocycles. The van der Waals surface area contributed by atoms with Gasteiger partial charge in [0.2, 0.25) is 0 Å². The van der Waals surface area contributed by atoms with Gasteiger partial charge in [0.15, 0.2) is 0 Å². The van der Waals surface area contributed by atoms with E-state index in [1.807, 2.05) is 0 Å². The van der Waals surface area contributed by atoms with Crippen LogP contribution < -0.4 is 0 Å². The van der Waals surface area contributed by atoms with Gasteiger partial charge in [-0.15, -0.1) is 5.10 Å². The zero-order chi connectivity index (χ0) is 10.8. The van der Waals surface area contributed by atoms with E-state index in [9.17, 15) is 0 Å². The molecule has 3 nitrogen and oxygen atoms in total. The van der Waals surface area contributed by atoms with E-state index in [1.165, 1.54) is 11.5 Å². The smallest absolute Gasteiger partial charge is 0.138 e. The maximum atomic E-state index is 5.92. The van der Waals surface area contributed by atoms with E-state index < -0.39 is 0 Å². The Morgan fingerprint density at radius 2 is 2.07 bits per heavy atom. The molecule has 0 unspecified atom stereocenters. The van der Waals surface area contributed by atoms with Crippen LogP contribution >= 0.6 is 23.1 Å². The number of halogens is 1. The van der Waals surface area contributed by atoms with Gasteiger partial charge in [-0.05, 0) is 12.5 Å². The third-order valence-electron chi connectivity index (χ3n) is 1.67. The summed E-state index contributed by atoms with van der Waals surface area (Å²) in [6, 6.07) is 0. The molecule has 5 heteroatoms. The van der Waals surface area contributed by atoms with Gasteiger partial charge in [0.25, 0.3) is 0 Å². The maximum absolute atomic E-state index is 5.92. The van der Waals surface area contributed by atoms with Crippen molar-refractivity contribution in [1.29, 1.82) is 0 Å². The van der Waals surface area contributed by atoms with Crippen LogP contribution in [0.3, 0.4) is 0 Å². The minimum absolute atomic E-state index is 0.296. The van der Waals surface area contributed by atoms with Gasteiger partial charge < -0.3 is 0 Å². The number of hydrogen-bond donors (Lipinski definition) is 0. The highest BCUT2D eigenvalue weighted by atomic mass is 35.5. The minimum atomic E-state index is 0.296. The van der Waals surface area contributed by atoms with Gasteiger partial charge >= 0.3 is 0 Å². The van der Waals surface area contributed by atoms with E-state index in [-0.39, 0.29) is 0 Å². The third kappa shape index (κ3) is 3.90. The van der Waals surface area contributed by atoms with Crippen molar-refractivity contribution in [2.24, 2.45) is 5.41 Å². The molecule has 0 atom stereocenters. The molecule has 0 fully saturated rings. The average molecular weight is 234 g/mol. The van der Waals surface area contributed by atoms with Crippen molar-refractivity contribution >= 4 is 23.1 Å². The molecule has 14 heavy (non-hydrogen) atoms. The van der Waals surface area contributed by atoms with Crippen molar-refractivity contribution in [2.45, 2.75) is 27.3 Å². The van der Waals surface area contributed by atoms with E-state index in [1.54, 1.807) is 0 Å². The lowest BCUT2D eigenvalue weighted by Crippen LogP contribution is -2.29. The molecule has 0 amide bonds. The lowest BCUT2D eigenvalue weighted by molar-refractivity contribution is 0.219. The third-order valence-corrected chi connectivity index (χ3v) is 2.66. The van der Waals surface area contributed by atoms with E-state index in [0.29, 0.717) is 9.75 Å². The first-order chi connectivity index (χ1) is 6.38. The zero-order valence-corrected chi connectivity index (χ0v) is 10.6. The summed E-state index contributed by atoms with van der Waals surface area (Å²) in [5.74, 6) is 0. The highest BCUT2D eigenvalue weighted by Gasteiger charge is 2.15. The Kier molecular flexibility index (Phi) is 3.86. The Morgan fingerprint density at radius 1 is 1.43 bits per heavy atom. The molecule has 0 saturated heterocycles. The van der Waals surface area contributed by atoms with Gasteiger partial charge in [-0.2, -0.15) is 0 Å². The maximum Gasteiger partial charge on any atom is 0.138 e. The summed E-state index contributed by atoms with van der Waals surface area (Å²) in [7, 11) is 2.07. The molecule has 0 spiro atoms. The topological polar surface area (TPSA) is 29.0 Å². The van der Waals surface area contributed by atoms with Crippen LogP contribution in [0.15, 0.2) is 0 Å². The number of rotatable bonds is 3. The Morgan fingerprint density at radius 3 is 2.50 bits per heavy atom. The quantitative estimate of drug-likeness (QED) is 0.804. The minimum Gasteiger partial charge on any atom is -0.300 e. The van der Waals surface area contributed by atoms with Crippen molar-refractivity contribution in [3.63, 3.8) is 0 Å². The number of nitrogens with zero attached hydrogens (tertiary/aromatic N) is 3. The molecule has 0 aliphatic carbocycles. The van der Waals surface area contributed by atoms with E-state index >= 15 is 0 Å². The average Bonchev–Trinajstić information content (AvgIpc) is 2.32. The molecule has 80 valence electrons. The molecule has 1 aromatic heterocycles. The molecule has 0 aliphatic heterocycles. The van der Waals surface area contributed by atoms with Gasteiger partial charge in [-0.1, -0.05) is 36.9 Å². The van der Waals surface area contributed by atoms with E-state index in [4.69, 9.17) is 11.6 Å². The molecule has 0 aromatic carbocycles. The molecule has 0 N–H and O–H groups in total. The Balaban J connectivity index is 2.50. The summed E-state index contributed by atoms with van der Waals surface area (Å²) in [5.41, 5.74) is 1.17. The summed E-state index contributed by atoms with van der Waals surface area (Å²) >= 11 is 7.16. The molecule has 0 aliphatic rings. The summed E-state index contributed by atoms with van der Waals surface area (Å²) in [6.45, 7) is 8.42. The highest BCUT2D eigenvalue weighted by molar-refractivity contribution is 7.10. The van der Waals surface area contributed by atoms with Gasteiger partial charge in [0.1, 0.15) is 10.0 Å². The van der Waals surface area contributed by atoms with Crippen molar-refractivity contribution in [3.05, 3.63) is 10.0 Å². The summed E-state index contributed by atoms with van der Waals surface area (Å²) in [5, 5.41) is 3.98. The molecule has 1 heterocycles. The number of hydrogen-bond acceptors (Lipinski definition) is 4. The normalized spacial score (nSPS) is 12.4. The van der Waals surface area contributed by atoms with Gasteiger partial charge in [0, 0.05) is 24.6 Å². The second-order valence-corrected chi connectivity index (χ2v) is 6.08. The fourth-order valence-electron chi connectivity index (χ4n) is 1.41. The second-order valence-electron chi connectivity index (χ2n) is 4.73. The van der Waals surface area contributed by atoms with Gasteiger partial charge in [0.05, 0.1) is 0 Å². The predicted octanol–water partition coefficient (Wildman–Crippen LogP) is 2.67. The summed E-state index contributed by atoms with van der Waals surface area (Å²) in [4.78, 5) is 2.21. The van der Waals surface area contributed by atoms with Crippen molar-refractivity contribution < 1.29 is 0 Å². The van der Waals surface area contributed by atoms with Crippen molar-refractivity contribution in [2.75, 3.05) is 13.6 Å². The lowest BCUT2D eigenvalue weighted by atomic mass is 9.96. The summed E-state index contributed by atoms with van der Waals surface area (Å²) < 4.78 is 4.50. The molecule has 1 aromatic rings. The van der Waals surface area contributed by atoms with Crippen LogP contribution in [0.25, 0.3) is 0 Å². The largest absolute Gasteiger partial charge is 0.300 e. The monoisotopic (exact) mass is 233 g/mol. The van der Waals surface area contributed by atoms with E-state index in [2.05, 4.69) is 42.3 Å². The first-order valence-electron chi connectivity index (χ1n) is 4.54. The fraction of sp³-hybridized carbons (Fsp3) is 0.778. The summed E-state index contributed by atoms with van der Waals surface area (Å²) in [6.07, 6.45) is 0. The van der Waals surface area contributed by atoms with Crippen LogP contribution in [0.1, 0.15) is 26.5 Å². The van der Waals surface area contributed by atoms with Crippen LogP contribution in [0.5, 0.6) is 0 Å². The van der Waals surface area contributed by atoms with Crippen LogP contribution in [0, 0.1) is 5.41 Å². The van der Waals surface area contributed by atoms with Gasteiger partial charge in [-0.3, -0.25) is 4.90 Å². The number of aromatic nitrogens is 2. The van der Waals surface area contributed by atoms with Crippen molar-refractivity contribution in [3.8, 4) is 0 Å². The molecule has 1 rings (SSSR count). The lowest BCUT2D eigenvalue weighted by Gasteiger charge is -2.25. The Bertz CT molecular complexity index is 292. The standard InChI is InChI=1S/C9H16ClN3S/c1-9(2,3)6-13(4)5-7-8(10)14-12-11-7/h5-6H2,1-4H3. The van der Waals surface area contributed by atoms with Crippen LogP contribution in [-0.4, -0.2) is 28.1 Å². The van der Waals surface area contributed by atoms with Gasteiger partial charge in [-0.25, -0.2) is 0 Å². The van der Waals surface area contributed by atoms with Crippen molar-refractivity contribution in [1.82, 2.24) is 14.5 Å². The molecule has 0 radical (unpaired) electrons. The first kappa shape index (κ1) is 11.9. The Labute approximate surface area is 94.2 Å². The molecular weight excluding hydrogens is 218 g/mol. The second kappa shape index (κ2) is 4.55. The van der Waals surface area contributed by atoms with Crippen LogP contribution in [0.4, 0.5) is 0 Å².